The molecule has 2 aliphatic rings. The summed E-state index contributed by atoms with van der Waals surface area (Å²) in [7, 11) is 0. The second kappa shape index (κ2) is 10.3. The van der Waals surface area contributed by atoms with Crippen LogP contribution in [0.25, 0.3) is 10.9 Å². The maximum atomic E-state index is 13.8. The first-order valence-electron chi connectivity index (χ1n) is 13.4. The van der Waals surface area contributed by atoms with Gasteiger partial charge in [-0.15, -0.1) is 0 Å². The molecule has 2 amide bonds. The van der Waals surface area contributed by atoms with Crippen LogP contribution in [0.2, 0.25) is 0 Å². The lowest BCUT2D eigenvalue weighted by molar-refractivity contribution is -0.133. The molecule has 196 valence electrons. The molecule has 1 saturated heterocycles. The van der Waals surface area contributed by atoms with Gasteiger partial charge in [-0.25, -0.2) is 4.39 Å². The Hall–Kier alpha value is -3.19. The van der Waals surface area contributed by atoms with Crippen molar-refractivity contribution in [3.8, 4) is 0 Å². The number of rotatable bonds is 7. The number of likely N-dealkylation sites (tertiary alicyclic amines) is 1. The fourth-order valence-electron chi connectivity index (χ4n) is 6.20. The minimum Gasteiger partial charge on any atom is -0.354 e. The minimum absolute atomic E-state index is 0.160. The molecule has 3 aromatic rings. The first-order chi connectivity index (χ1) is 17.7. The van der Waals surface area contributed by atoms with Crippen LogP contribution < -0.4 is 5.32 Å². The minimum atomic E-state index is -1.09. The number of para-hydroxylation sites is 1. The number of aromatic nitrogens is 1. The molecule has 3 heterocycles. The normalized spacial score (nSPS) is 24.3. The third-order valence-electron chi connectivity index (χ3n) is 7.96. The summed E-state index contributed by atoms with van der Waals surface area (Å²) in [5.74, 6) is 0.728. The quantitative estimate of drug-likeness (QED) is 0.476. The van der Waals surface area contributed by atoms with Gasteiger partial charge in [-0.1, -0.05) is 44.2 Å². The van der Waals surface area contributed by atoms with Gasteiger partial charge < -0.3 is 19.7 Å². The van der Waals surface area contributed by atoms with E-state index in [1.54, 1.807) is 17.0 Å². The molecular formula is C30H37FN4O2. The molecule has 37 heavy (non-hydrogen) atoms. The Balaban J connectivity index is 1.35. The average Bonchev–Trinajstić information content (AvgIpc) is 3.23. The van der Waals surface area contributed by atoms with Gasteiger partial charge in [0.15, 0.2) is 0 Å². The molecule has 1 fully saturated rings. The maximum Gasteiger partial charge on any atom is 0.271 e. The molecule has 0 aliphatic carbocycles. The van der Waals surface area contributed by atoms with Crippen molar-refractivity contribution in [3.05, 3.63) is 71.7 Å². The Morgan fingerprint density at radius 3 is 2.51 bits per heavy atom. The maximum absolute atomic E-state index is 13.8. The van der Waals surface area contributed by atoms with Crippen molar-refractivity contribution >= 4 is 22.7 Å². The molecule has 5 rings (SSSR count). The van der Waals surface area contributed by atoms with Gasteiger partial charge in [0, 0.05) is 37.1 Å². The van der Waals surface area contributed by atoms with Crippen molar-refractivity contribution in [1.82, 2.24) is 19.7 Å². The topological polar surface area (TPSA) is 57.6 Å². The molecule has 1 N–H and O–H groups in total. The van der Waals surface area contributed by atoms with E-state index < -0.39 is 5.54 Å². The number of nitrogens with zero attached hydrogens (tertiary/aromatic N) is 3. The highest BCUT2D eigenvalue weighted by Crippen LogP contribution is 2.33. The van der Waals surface area contributed by atoms with Gasteiger partial charge >= 0.3 is 0 Å². The summed E-state index contributed by atoms with van der Waals surface area (Å²) in [6.07, 6.45) is 2.14. The predicted octanol–water partition coefficient (Wildman–Crippen LogP) is 4.68. The fraction of sp³-hybridized carbons (Fsp3) is 0.467. The van der Waals surface area contributed by atoms with Crippen LogP contribution in [0.4, 0.5) is 4.39 Å². The van der Waals surface area contributed by atoms with Crippen molar-refractivity contribution in [3.63, 3.8) is 0 Å². The van der Waals surface area contributed by atoms with Crippen molar-refractivity contribution in [1.29, 1.82) is 0 Å². The Morgan fingerprint density at radius 1 is 1.08 bits per heavy atom. The second-order valence-electron chi connectivity index (χ2n) is 11.3. The van der Waals surface area contributed by atoms with E-state index in [4.69, 9.17) is 0 Å². The third-order valence-corrected chi connectivity index (χ3v) is 7.96. The van der Waals surface area contributed by atoms with Crippen molar-refractivity contribution in [2.45, 2.75) is 52.2 Å². The number of piperidine rings is 1. The number of carbonyl (C=O) groups excluding carboxylic acids is 2. The SMILES string of the molecule is CC1CC(C)CN(CCCNC(=O)C2(C)Cn3c(cc4ccccc43)C(=O)N2Cc2ccc(F)cc2)C1. The standard InChI is InChI=1S/C30H37FN4O2/c1-21-15-22(2)18-33(17-21)14-6-13-32-29(37)30(3)20-34-26-8-5-4-7-24(26)16-27(34)28(36)35(30)19-23-9-11-25(31)12-10-23/h4-5,7-12,16,21-22H,6,13-15,17-20H2,1-3H3,(H,32,37). The van der Waals surface area contributed by atoms with E-state index >= 15 is 0 Å². The molecule has 3 unspecified atom stereocenters. The Morgan fingerprint density at radius 2 is 1.78 bits per heavy atom. The van der Waals surface area contributed by atoms with E-state index in [0.29, 0.717) is 30.6 Å². The van der Waals surface area contributed by atoms with Crippen LogP contribution in [-0.4, -0.2) is 57.9 Å². The van der Waals surface area contributed by atoms with Crippen molar-refractivity contribution in [2.24, 2.45) is 11.8 Å². The molecule has 2 aliphatic heterocycles. The van der Waals surface area contributed by atoms with E-state index in [0.717, 1.165) is 42.5 Å². The number of halogens is 1. The number of carbonyl (C=O) groups is 2. The van der Waals surface area contributed by atoms with E-state index in [2.05, 4.69) is 24.1 Å². The molecule has 0 spiro atoms. The molecule has 0 radical (unpaired) electrons. The summed E-state index contributed by atoms with van der Waals surface area (Å²) in [4.78, 5) is 31.7. The van der Waals surface area contributed by atoms with Crippen LogP contribution in [0.5, 0.6) is 0 Å². The number of fused-ring (bicyclic) bond motifs is 3. The summed E-state index contributed by atoms with van der Waals surface area (Å²) >= 11 is 0. The van der Waals surface area contributed by atoms with Gasteiger partial charge in [0.05, 0.1) is 6.54 Å². The average molecular weight is 505 g/mol. The third kappa shape index (κ3) is 5.14. The van der Waals surface area contributed by atoms with E-state index in [1.807, 2.05) is 41.8 Å². The number of amides is 2. The van der Waals surface area contributed by atoms with E-state index in [1.165, 1.54) is 18.6 Å². The molecule has 0 bridgehead atoms. The molecular weight excluding hydrogens is 467 g/mol. The van der Waals surface area contributed by atoms with Crippen LogP contribution in [0, 0.1) is 17.7 Å². The molecule has 3 atom stereocenters. The number of hydrogen-bond donors (Lipinski definition) is 1. The largest absolute Gasteiger partial charge is 0.354 e. The predicted molar refractivity (Wildman–Crippen MR) is 144 cm³/mol. The van der Waals surface area contributed by atoms with Crippen LogP contribution in [-0.2, 0) is 17.9 Å². The van der Waals surface area contributed by atoms with Gasteiger partial charge in [0.1, 0.15) is 17.1 Å². The van der Waals surface area contributed by atoms with Crippen LogP contribution in [0.1, 0.15) is 49.7 Å². The zero-order chi connectivity index (χ0) is 26.2. The van der Waals surface area contributed by atoms with Gasteiger partial charge in [0.25, 0.3) is 5.91 Å². The molecule has 6 nitrogen and oxygen atoms in total. The monoisotopic (exact) mass is 504 g/mol. The highest BCUT2D eigenvalue weighted by molar-refractivity contribution is 6.03. The molecule has 1 aromatic heterocycles. The lowest BCUT2D eigenvalue weighted by Gasteiger charge is -2.44. The van der Waals surface area contributed by atoms with E-state index in [-0.39, 0.29) is 24.2 Å². The lowest BCUT2D eigenvalue weighted by atomic mass is 9.92. The number of nitrogens with one attached hydrogen (secondary N) is 1. The summed E-state index contributed by atoms with van der Waals surface area (Å²) in [5.41, 5.74) is 1.21. The Bertz CT molecular complexity index is 1280. The first kappa shape index (κ1) is 25.5. The van der Waals surface area contributed by atoms with Crippen molar-refractivity contribution < 1.29 is 14.0 Å². The summed E-state index contributed by atoms with van der Waals surface area (Å²) in [5, 5.41) is 4.11. The van der Waals surface area contributed by atoms with Gasteiger partial charge in [-0.3, -0.25) is 9.59 Å². The Kier molecular flexibility index (Phi) is 7.08. The molecule has 7 heteroatoms. The van der Waals surface area contributed by atoms with Crippen molar-refractivity contribution in [2.75, 3.05) is 26.2 Å². The number of benzene rings is 2. The van der Waals surface area contributed by atoms with Crippen LogP contribution >= 0.6 is 0 Å². The zero-order valence-electron chi connectivity index (χ0n) is 22.0. The van der Waals surface area contributed by atoms with Crippen LogP contribution in [0.15, 0.2) is 54.6 Å². The Labute approximate surface area is 218 Å². The van der Waals surface area contributed by atoms with Gasteiger partial charge in [0.2, 0.25) is 5.91 Å². The smallest absolute Gasteiger partial charge is 0.271 e. The number of hydrogen-bond acceptors (Lipinski definition) is 3. The summed E-state index contributed by atoms with van der Waals surface area (Å²) < 4.78 is 15.5. The van der Waals surface area contributed by atoms with Gasteiger partial charge in [-0.2, -0.15) is 0 Å². The second-order valence-corrected chi connectivity index (χ2v) is 11.3. The molecule has 0 saturated carbocycles. The fourth-order valence-corrected chi connectivity index (χ4v) is 6.20. The first-order valence-corrected chi connectivity index (χ1v) is 13.4. The summed E-state index contributed by atoms with van der Waals surface area (Å²) in [6.45, 7) is 10.8. The molecule has 2 aromatic carbocycles. The lowest BCUT2D eigenvalue weighted by Crippen LogP contribution is -2.63. The highest BCUT2D eigenvalue weighted by atomic mass is 19.1. The highest BCUT2D eigenvalue weighted by Gasteiger charge is 2.47. The van der Waals surface area contributed by atoms with Gasteiger partial charge in [-0.05, 0) is 68.0 Å². The van der Waals surface area contributed by atoms with Crippen LogP contribution in [0.3, 0.4) is 0 Å². The zero-order valence-corrected chi connectivity index (χ0v) is 22.0. The van der Waals surface area contributed by atoms with E-state index in [9.17, 15) is 14.0 Å². The summed E-state index contributed by atoms with van der Waals surface area (Å²) in [6, 6.07) is 15.9.